The summed E-state index contributed by atoms with van der Waals surface area (Å²) < 4.78 is 0. The average Bonchev–Trinajstić information content (AvgIpc) is 3.16. The largest absolute Gasteiger partial charge is 0.122 e. The van der Waals surface area contributed by atoms with Gasteiger partial charge in [-0.05, 0) is 80.6 Å². The molecule has 0 aliphatic heterocycles. The topological polar surface area (TPSA) is 0 Å². The minimum Gasteiger partial charge on any atom is -0.122 e. The molecule has 0 saturated carbocycles. The van der Waals surface area contributed by atoms with Gasteiger partial charge in [0.1, 0.15) is 0 Å². The number of rotatable bonds is 14. The van der Waals surface area contributed by atoms with E-state index in [2.05, 4.69) is 64.1 Å². The van der Waals surface area contributed by atoms with E-state index in [1.807, 2.05) is 0 Å². The molecule has 0 aromatic heterocycles. The van der Waals surface area contributed by atoms with Crippen LogP contribution in [0, 0.1) is 11.8 Å². The van der Waals surface area contributed by atoms with E-state index in [-0.39, 0.29) is 5.41 Å². The molecule has 4 rings (SSSR count). The van der Waals surface area contributed by atoms with Crippen LogP contribution in [-0.4, -0.2) is 0 Å². The lowest BCUT2D eigenvalue weighted by Gasteiger charge is -2.39. The molecule has 0 nitrogen and oxygen atoms in total. The molecule has 35 heavy (non-hydrogen) atoms. The van der Waals surface area contributed by atoms with E-state index in [0.29, 0.717) is 11.8 Å². The molecule has 3 aromatic rings. The van der Waals surface area contributed by atoms with Gasteiger partial charge in [0, 0.05) is 17.2 Å². The van der Waals surface area contributed by atoms with Crippen molar-refractivity contribution >= 4 is 44.7 Å². The summed E-state index contributed by atoms with van der Waals surface area (Å²) in [4.78, 5) is 0. The van der Waals surface area contributed by atoms with Gasteiger partial charge in [0.2, 0.25) is 0 Å². The van der Waals surface area contributed by atoms with Crippen LogP contribution in [0.5, 0.6) is 0 Å². The molecule has 190 valence electrons. The van der Waals surface area contributed by atoms with E-state index in [1.54, 1.807) is 11.1 Å². The maximum absolute atomic E-state index is 6.49. The van der Waals surface area contributed by atoms with E-state index >= 15 is 0 Å². The van der Waals surface area contributed by atoms with Crippen LogP contribution >= 0.6 is 23.2 Å². The van der Waals surface area contributed by atoms with Gasteiger partial charge in [-0.1, -0.05) is 103 Å². The maximum atomic E-state index is 6.49. The first kappa shape index (κ1) is 26.8. The summed E-state index contributed by atoms with van der Waals surface area (Å²) in [7, 11) is 0. The van der Waals surface area contributed by atoms with Gasteiger partial charge < -0.3 is 0 Å². The zero-order valence-corrected chi connectivity index (χ0v) is 23.9. The smallest absolute Gasteiger partial charge is 0.0474 e. The third kappa shape index (κ3) is 5.13. The van der Waals surface area contributed by atoms with Crippen molar-refractivity contribution in [3.8, 4) is 0 Å². The van der Waals surface area contributed by atoms with E-state index < -0.39 is 0 Å². The van der Waals surface area contributed by atoms with Crippen molar-refractivity contribution in [2.24, 2.45) is 11.8 Å². The van der Waals surface area contributed by atoms with Crippen LogP contribution in [-0.2, 0) is 17.2 Å². The Labute approximate surface area is 223 Å². The first-order valence-electron chi connectivity index (χ1n) is 14.2. The van der Waals surface area contributed by atoms with Gasteiger partial charge in [-0.25, -0.2) is 0 Å². The highest BCUT2D eigenvalue weighted by molar-refractivity contribution is 6.19. The molecular formula is C33H44Cl2. The Bertz CT molecular complexity index is 1050. The molecule has 0 bridgehead atoms. The average molecular weight is 512 g/mol. The Morgan fingerprint density at radius 2 is 1.09 bits per heavy atom. The third-order valence-corrected chi connectivity index (χ3v) is 9.47. The zero-order valence-electron chi connectivity index (χ0n) is 22.4. The molecular weight excluding hydrogens is 467 g/mol. The summed E-state index contributed by atoms with van der Waals surface area (Å²) >= 11 is 13.0. The Morgan fingerprint density at radius 3 is 1.43 bits per heavy atom. The summed E-state index contributed by atoms with van der Waals surface area (Å²) in [5.74, 6) is 2.61. The fraction of sp³-hybridized carbons (Fsp3) is 0.576. The Balaban J connectivity index is 1.99. The van der Waals surface area contributed by atoms with Gasteiger partial charge in [0.05, 0.1) is 0 Å². The SMILES string of the molecule is CCCCC(CC)CC1(CC(CC)CCCC)c2cc(CCl)cc3ccc4cc(CCl)cc1c4c23. The van der Waals surface area contributed by atoms with Crippen LogP contribution in [0.15, 0.2) is 36.4 Å². The van der Waals surface area contributed by atoms with Crippen molar-refractivity contribution in [3.05, 3.63) is 58.7 Å². The van der Waals surface area contributed by atoms with Crippen LogP contribution in [0.25, 0.3) is 21.5 Å². The van der Waals surface area contributed by atoms with Crippen molar-refractivity contribution in [2.75, 3.05) is 0 Å². The highest BCUT2D eigenvalue weighted by Gasteiger charge is 2.44. The van der Waals surface area contributed by atoms with Crippen LogP contribution < -0.4 is 0 Å². The van der Waals surface area contributed by atoms with Crippen molar-refractivity contribution in [2.45, 2.75) is 109 Å². The molecule has 0 N–H and O–H groups in total. The van der Waals surface area contributed by atoms with Gasteiger partial charge >= 0.3 is 0 Å². The number of hydrogen-bond donors (Lipinski definition) is 0. The summed E-state index contributed by atoms with van der Waals surface area (Å²) in [6.45, 7) is 9.46. The molecule has 0 spiro atoms. The second-order valence-corrected chi connectivity index (χ2v) is 11.7. The standard InChI is InChI=1S/C33H44Cl2/c1-5-9-11-23(7-3)19-33(20-24(8-4)12-10-6-2)29-17-25(21-34)15-27-13-14-28-16-26(22-35)18-30(33)32(28)31(27)29/h13-18,23-24H,5-12,19-22H2,1-4H3. The number of alkyl halides is 2. The quantitative estimate of drug-likeness (QED) is 0.149. The highest BCUT2D eigenvalue weighted by Crippen LogP contribution is 2.56. The minimum atomic E-state index is 0.0488. The molecule has 0 saturated heterocycles. The fourth-order valence-electron chi connectivity index (χ4n) is 6.90. The van der Waals surface area contributed by atoms with Crippen molar-refractivity contribution < 1.29 is 0 Å². The molecule has 2 atom stereocenters. The molecule has 0 fully saturated rings. The lowest BCUT2D eigenvalue weighted by Crippen LogP contribution is -2.32. The van der Waals surface area contributed by atoms with E-state index in [1.165, 1.54) is 96.9 Å². The predicted molar refractivity (Wildman–Crippen MR) is 157 cm³/mol. The first-order valence-corrected chi connectivity index (χ1v) is 15.3. The monoisotopic (exact) mass is 510 g/mol. The first-order chi connectivity index (χ1) is 17.0. The molecule has 0 amide bonds. The van der Waals surface area contributed by atoms with E-state index in [0.717, 1.165) is 11.8 Å². The summed E-state index contributed by atoms with van der Waals surface area (Å²) in [6, 6.07) is 14.2. The molecule has 2 unspecified atom stereocenters. The number of halogens is 2. The van der Waals surface area contributed by atoms with Crippen LogP contribution in [0.2, 0.25) is 0 Å². The van der Waals surface area contributed by atoms with Gasteiger partial charge in [0.25, 0.3) is 0 Å². The molecule has 0 radical (unpaired) electrons. The number of benzene rings is 3. The Kier molecular flexibility index (Phi) is 9.09. The number of hydrogen-bond acceptors (Lipinski definition) is 0. The van der Waals surface area contributed by atoms with Crippen LogP contribution in [0.4, 0.5) is 0 Å². The van der Waals surface area contributed by atoms with Crippen molar-refractivity contribution in [1.82, 2.24) is 0 Å². The normalized spacial score (nSPS) is 15.9. The Morgan fingerprint density at radius 1 is 0.657 bits per heavy atom. The minimum absolute atomic E-state index is 0.0488. The molecule has 1 aliphatic carbocycles. The highest BCUT2D eigenvalue weighted by atomic mass is 35.5. The summed E-state index contributed by atoms with van der Waals surface area (Å²) in [6.07, 6.45) is 12.8. The second kappa shape index (κ2) is 11.9. The van der Waals surface area contributed by atoms with Crippen molar-refractivity contribution in [1.29, 1.82) is 0 Å². The molecule has 3 aromatic carbocycles. The van der Waals surface area contributed by atoms with Gasteiger partial charge in [-0.15, -0.1) is 23.2 Å². The lowest BCUT2D eigenvalue weighted by atomic mass is 9.64. The molecule has 2 heteroatoms. The Hall–Kier alpha value is -1.24. The van der Waals surface area contributed by atoms with Gasteiger partial charge in [0.15, 0.2) is 0 Å². The van der Waals surface area contributed by atoms with Gasteiger partial charge in [-0.2, -0.15) is 0 Å². The van der Waals surface area contributed by atoms with E-state index in [4.69, 9.17) is 23.2 Å². The van der Waals surface area contributed by atoms with Crippen LogP contribution in [0.3, 0.4) is 0 Å². The molecule has 1 aliphatic rings. The maximum Gasteiger partial charge on any atom is 0.0474 e. The predicted octanol–water partition coefficient (Wildman–Crippen LogP) is 11.3. The third-order valence-electron chi connectivity index (χ3n) is 8.85. The van der Waals surface area contributed by atoms with E-state index in [9.17, 15) is 0 Å². The summed E-state index contributed by atoms with van der Waals surface area (Å²) in [5, 5.41) is 5.69. The number of unbranched alkanes of at least 4 members (excludes halogenated alkanes) is 2. The van der Waals surface area contributed by atoms with Crippen molar-refractivity contribution in [3.63, 3.8) is 0 Å². The summed E-state index contributed by atoms with van der Waals surface area (Å²) in [5.41, 5.74) is 5.68. The molecule has 0 heterocycles. The van der Waals surface area contributed by atoms with Gasteiger partial charge in [-0.3, -0.25) is 0 Å². The zero-order chi connectivity index (χ0) is 25.0. The fourth-order valence-corrected chi connectivity index (χ4v) is 7.21. The van der Waals surface area contributed by atoms with Crippen LogP contribution in [0.1, 0.15) is 114 Å². The lowest BCUT2D eigenvalue weighted by molar-refractivity contribution is 0.266. The second-order valence-electron chi connectivity index (χ2n) is 11.1.